The van der Waals surface area contributed by atoms with Gasteiger partial charge in [0.1, 0.15) is 11.6 Å². The van der Waals surface area contributed by atoms with E-state index in [-0.39, 0.29) is 22.7 Å². The van der Waals surface area contributed by atoms with Crippen LogP contribution in [-0.4, -0.2) is 9.55 Å². The summed E-state index contributed by atoms with van der Waals surface area (Å²) in [6.45, 7) is 10.5. The topological polar surface area (TPSA) is 17.8 Å². The van der Waals surface area contributed by atoms with Gasteiger partial charge in [0.25, 0.3) is 0 Å². The lowest BCUT2D eigenvalue weighted by atomic mass is 9.87. The van der Waals surface area contributed by atoms with Crippen LogP contribution in [0.1, 0.15) is 51.9 Å². The van der Waals surface area contributed by atoms with E-state index in [2.05, 4.69) is 37.2 Å². The lowest BCUT2D eigenvalue weighted by Gasteiger charge is -2.30. The zero-order valence-electron chi connectivity index (χ0n) is 12.3. The molecular formula is C15H19ClFIN2. The summed E-state index contributed by atoms with van der Waals surface area (Å²) >= 11 is 8.26. The van der Waals surface area contributed by atoms with E-state index in [1.165, 1.54) is 0 Å². The van der Waals surface area contributed by atoms with Crippen molar-refractivity contribution in [2.75, 3.05) is 0 Å². The van der Waals surface area contributed by atoms with Gasteiger partial charge in [-0.25, -0.2) is 9.37 Å². The predicted molar refractivity (Wildman–Crippen MR) is 90.8 cm³/mol. The minimum absolute atomic E-state index is 0.0353. The van der Waals surface area contributed by atoms with Gasteiger partial charge in [-0.3, -0.25) is 0 Å². The van der Waals surface area contributed by atoms with Crippen molar-refractivity contribution in [3.05, 3.63) is 27.3 Å². The number of rotatable bonds is 2. The molecular weight excluding hydrogens is 390 g/mol. The first-order valence-electron chi connectivity index (χ1n) is 6.64. The van der Waals surface area contributed by atoms with Crippen molar-refractivity contribution in [1.82, 2.24) is 9.55 Å². The quantitative estimate of drug-likeness (QED) is 0.461. The van der Waals surface area contributed by atoms with E-state index in [1.54, 1.807) is 12.1 Å². The van der Waals surface area contributed by atoms with Gasteiger partial charge in [-0.15, -0.1) is 11.6 Å². The van der Waals surface area contributed by atoms with Crippen molar-refractivity contribution in [3.8, 4) is 0 Å². The number of alkyl halides is 1. The molecule has 0 aliphatic carbocycles. The Balaban J connectivity index is 2.78. The molecule has 5 heteroatoms. The number of fused-ring (bicyclic) bond motifs is 1. The fourth-order valence-corrected chi connectivity index (χ4v) is 2.79. The number of halogens is 3. The van der Waals surface area contributed by atoms with E-state index in [0.29, 0.717) is 3.57 Å². The molecule has 0 N–H and O–H groups in total. The van der Waals surface area contributed by atoms with Gasteiger partial charge in [0, 0.05) is 12.1 Å². The van der Waals surface area contributed by atoms with Gasteiger partial charge in [-0.1, -0.05) is 20.8 Å². The molecule has 20 heavy (non-hydrogen) atoms. The zero-order chi connectivity index (χ0) is 15.2. The summed E-state index contributed by atoms with van der Waals surface area (Å²) in [5, 5.41) is -0.215. The van der Waals surface area contributed by atoms with Crippen molar-refractivity contribution in [2.24, 2.45) is 5.41 Å². The molecule has 0 saturated heterocycles. The fourth-order valence-electron chi connectivity index (χ4n) is 2.18. The summed E-state index contributed by atoms with van der Waals surface area (Å²) in [5.74, 6) is 0.583. The Morgan fingerprint density at radius 3 is 2.40 bits per heavy atom. The lowest BCUT2D eigenvalue weighted by Crippen LogP contribution is -2.23. The predicted octanol–water partition coefficient (Wildman–Crippen LogP) is 5.69. The van der Waals surface area contributed by atoms with Crippen molar-refractivity contribution >= 4 is 45.2 Å². The molecule has 1 heterocycles. The molecule has 2 atom stereocenters. The molecule has 1 aromatic carbocycles. The van der Waals surface area contributed by atoms with Crippen LogP contribution in [-0.2, 0) is 0 Å². The Morgan fingerprint density at radius 1 is 1.30 bits per heavy atom. The molecule has 0 aliphatic rings. The maximum Gasteiger partial charge on any atom is 0.138 e. The molecule has 0 radical (unpaired) electrons. The Bertz CT molecular complexity index is 643. The van der Waals surface area contributed by atoms with Gasteiger partial charge in [-0.2, -0.15) is 0 Å². The monoisotopic (exact) mass is 408 g/mol. The van der Waals surface area contributed by atoms with E-state index in [9.17, 15) is 4.39 Å². The average molecular weight is 409 g/mol. The first-order chi connectivity index (χ1) is 9.12. The molecule has 0 saturated carbocycles. The molecule has 0 amide bonds. The van der Waals surface area contributed by atoms with Gasteiger partial charge < -0.3 is 4.57 Å². The van der Waals surface area contributed by atoms with Crippen LogP contribution in [0.5, 0.6) is 0 Å². The van der Waals surface area contributed by atoms with Gasteiger partial charge in [0.05, 0.1) is 20.0 Å². The van der Waals surface area contributed by atoms with E-state index in [4.69, 9.17) is 11.6 Å². The average Bonchev–Trinajstić information content (AvgIpc) is 2.66. The Kier molecular flexibility index (Phi) is 4.36. The lowest BCUT2D eigenvalue weighted by molar-refractivity contribution is 0.262. The minimum Gasteiger partial charge on any atom is -0.323 e. The molecule has 2 nitrogen and oxygen atoms in total. The van der Waals surface area contributed by atoms with Crippen LogP contribution in [0.3, 0.4) is 0 Å². The number of hydrogen-bond acceptors (Lipinski definition) is 1. The second-order valence-corrected chi connectivity index (χ2v) is 8.07. The number of imidazole rings is 1. The molecule has 0 bridgehead atoms. The molecule has 0 aliphatic heterocycles. The van der Waals surface area contributed by atoms with E-state index in [0.717, 1.165) is 16.9 Å². The maximum absolute atomic E-state index is 13.9. The summed E-state index contributed by atoms with van der Waals surface area (Å²) in [6, 6.07) is 3.51. The highest BCUT2D eigenvalue weighted by atomic mass is 127. The van der Waals surface area contributed by atoms with Crippen LogP contribution in [0.2, 0.25) is 0 Å². The van der Waals surface area contributed by atoms with E-state index >= 15 is 0 Å². The van der Waals surface area contributed by atoms with E-state index in [1.807, 2.05) is 29.5 Å². The Hall–Kier alpha value is -0.360. The maximum atomic E-state index is 13.9. The number of aromatic nitrogens is 2. The Labute approximate surface area is 137 Å². The van der Waals surface area contributed by atoms with E-state index < -0.39 is 0 Å². The van der Waals surface area contributed by atoms with Gasteiger partial charge in [0.15, 0.2) is 0 Å². The second-order valence-electron chi connectivity index (χ2n) is 6.25. The van der Waals surface area contributed by atoms with Crippen molar-refractivity contribution < 1.29 is 4.39 Å². The largest absolute Gasteiger partial charge is 0.323 e. The van der Waals surface area contributed by atoms with Gasteiger partial charge in [-0.05, 0) is 47.9 Å². The highest BCUT2D eigenvalue weighted by molar-refractivity contribution is 14.1. The van der Waals surface area contributed by atoms with Crippen molar-refractivity contribution in [3.63, 3.8) is 0 Å². The normalized spacial score (nSPS) is 15.6. The summed E-state index contributed by atoms with van der Waals surface area (Å²) in [6.07, 6.45) is 0. The highest BCUT2D eigenvalue weighted by Crippen LogP contribution is 2.37. The SMILES string of the molecule is CC(Cl)c1nc2cc(I)c(F)cc2n1C(C)C(C)(C)C. The molecule has 0 spiro atoms. The first-order valence-corrected chi connectivity index (χ1v) is 8.15. The fraction of sp³-hybridized carbons (Fsp3) is 0.533. The van der Waals surface area contributed by atoms with Gasteiger partial charge >= 0.3 is 0 Å². The number of benzene rings is 1. The van der Waals surface area contributed by atoms with Crippen molar-refractivity contribution in [1.29, 1.82) is 0 Å². The number of nitrogens with zero attached hydrogens (tertiary/aromatic N) is 2. The molecule has 1 aromatic heterocycles. The summed E-state index contributed by atoms with van der Waals surface area (Å²) in [7, 11) is 0. The van der Waals surface area contributed by atoms with Crippen LogP contribution in [0.4, 0.5) is 4.39 Å². The summed E-state index contributed by atoms with van der Waals surface area (Å²) < 4.78 is 16.6. The third-order valence-electron chi connectivity index (χ3n) is 3.76. The van der Waals surface area contributed by atoms with Crippen LogP contribution in [0.25, 0.3) is 11.0 Å². The zero-order valence-corrected chi connectivity index (χ0v) is 15.3. The van der Waals surface area contributed by atoms with Crippen molar-refractivity contribution in [2.45, 2.75) is 46.0 Å². The molecule has 2 unspecified atom stereocenters. The highest BCUT2D eigenvalue weighted by Gasteiger charge is 2.27. The molecule has 2 aromatic rings. The van der Waals surface area contributed by atoms with Crippen LogP contribution >= 0.6 is 34.2 Å². The summed E-state index contributed by atoms with van der Waals surface area (Å²) in [5.41, 5.74) is 1.65. The van der Waals surface area contributed by atoms with Gasteiger partial charge in [0.2, 0.25) is 0 Å². The standard InChI is InChI=1S/C15H19ClFIN2/c1-8(16)14-19-12-7-11(18)10(17)6-13(12)20(14)9(2)15(3,4)5/h6-9H,1-5H3. The minimum atomic E-state index is -0.215. The van der Waals surface area contributed by atoms with Crippen LogP contribution in [0, 0.1) is 14.8 Å². The Morgan fingerprint density at radius 2 is 1.90 bits per heavy atom. The first kappa shape index (κ1) is 16.0. The smallest absolute Gasteiger partial charge is 0.138 e. The summed E-state index contributed by atoms with van der Waals surface area (Å²) in [4.78, 5) is 4.61. The van der Waals surface area contributed by atoms with Crippen LogP contribution < -0.4 is 0 Å². The third kappa shape index (κ3) is 2.82. The number of hydrogen-bond donors (Lipinski definition) is 0. The molecule has 0 fully saturated rings. The molecule has 2 rings (SSSR count). The second kappa shape index (κ2) is 5.44. The van der Waals surface area contributed by atoms with Crippen LogP contribution in [0.15, 0.2) is 12.1 Å². The molecule has 110 valence electrons. The third-order valence-corrected chi connectivity index (χ3v) is 4.78.